The van der Waals surface area contributed by atoms with Gasteiger partial charge in [0.2, 0.25) is 0 Å². The average molecular weight is 296 g/mol. The van der Waals surface area contributed by atoms with Crippen LogP contribution in [0, 0.1) is 5.41 Å². The molecule has 1 aliphatic carbocycles. The lowest BCUT2D eigenvalue weighted by Gasteiger charge is -2.27. The lowest BCUT2D eigenvalue weighted by molar-refractivity contribution is -0.149. The fourth-order valence-electron chi connectivity index (χ4n) is 2.39. The average Bonchev–Trinajstić information content (AvgIpc) is 2.70. The number of urea groups is 1. The Balaban J connectivity index is 2.56. The summed E-state index contributed by atoms with van der Waals surface area (Å²) in [6.45, 7) is -0.310. The van der Waals surface area contributed by atoms with Gasteiger partial charge in [0.15, 0.2) is 0 Å². The second-order valence-corrected chi connectivity index (χ2v) is 5.54. The smallest absolute Gasteiger partial charge is 0.406 e. The number of nitrogens with one attached hydrogen (secondary N) is 1. The minimum atomic E-state index is -4.62. The van der Waals surface area contributed by atoms with Crippen LogP contribution in [0.3, 0.4) is 0 Å². The Morgan fingerprint density at radius 1 is 1.30 bits per heavy atom. The molecule has 0 radical (unpaired) electrons. The third-order valence-electron chi connectivity index (χ3n) is 3.46. The summed E-state index contributed by atoms with van der Waals surface area (Å²) >= 11 is 0. The summed E-state index contributed by atoms with van der Waals surface area (Å²) in [4.78, 5) is 22.5. The van der Waals surface area contributed by atoms with Crippen molar-refractivity contribution in [2.45, 2.75) is 38.8 Å². The highest BCUT2D eigenvalue weighted by Gasteiger charge is 2.35. The first-order chi connectivity index (χ1) is 9.11. The zero-order valence-corrected chi connectivity index (χ0v) is 11.3. The fraction of sp³-hybridized carbons (Fsp3) is 0.833. The van der Waals surface area contributed by atoms with Crippen LogP contribution in [0.5, 0.6) is 0 Å². The van der Waals surface area contributed by atoms with Crippen LogP contribution in [-0.2, 0) is 4.79 Å². The van der Waals surface area contributed by atoms with Crippen LogP contribution < -0.4 is 5.32 Å². The van der Waals surface area contributed by atoms with E-state index in [0.717, 1.165) is 25.7 Å². The van der Waals surface area contributed by atoms with Crippen molar-refractivity contribution >= 4 is 12.0 Å². The van der Waals surface area contributed by atoms with E-state index in [9.17, 15) is 22.8 Å². The molecule has 2 amide bonds. The van der Waals surface area contributed by atoms with Gasteiger partial charge < -0.3 is 15.3 Å². The van der Waals surface area contributed by atoms with Crippen LogP contribution in [0.25, 0.3) is 0 Å². The highest BCUT2D eigenvalue weighted by molar-refractivity contribution is 5.80. The minimum Gasteiger partial charge on any atom is -0.480 e. The van der Waals surface area contributed by atoms with Gasteiger partial charge in [-0.2, -0.15) is 13.2 Å². The van der Waals surface area contributed by atoms with Crippen molar-refractivity contribution in [2.75, 3.05) is 19.6 Å². The predicted octanol–water partition coefficient (Wildman–Crippen LogP) is 2.23. The molecule has 0 saturated heterocycles. The standard InChI is InChI=1S/C12H19F3N2O3/c1-11(4-2-3-5-11)7-16-10(20)17(6-9(18)19)8-12(13,14)15/h2-8H2,1H3,(H,16,20)(H,18,19). The largest absolute Gasteiger partial charge is 0.480 e. The van der Waals surface area contributed by atoms with Gasteiger partial charge in [0.05, 0.1) is 0 Å². The molecule has 20 heavy (non-hydrogen) atoms. The van der Waals surface area contributed by atoms with E-state index in [4.69, 9.17) is 5.11 Å². The summed E-state index contributed by atoms with van der Waals surface area (Å²) in [5.74, 6) is -1.48. The zero-order chi connectivity index (χ0) is 15.4. The van der Waals surface area contributed by atoms with Crippen molar-refractivity contribution in [3.8, 4) is 0 Å². The Hall–Kier alpha value is -1.47. The lowest BCUT2D eigenvalue weighted by Crippen LogP contribution is -2.49. The molecule has 8 heteroatoms. The van der Waals surface area contributed by atoms with Gasteiger partial charge in [-0.3, -0.25) is 4.79 Å². The van der Waals surface area contributed by atoms with E-state index < -0.39 is 31.3 Å². The van der Waals surface area contributed by atoms with E-state index in [-0.39, 0.29) is 16.9 Å². The molecule has 0 spiro atoms. The molecule has 0 atom stereocenters. The van der Waals surface area contributed by atoms with Crippen molar-refractivity contribution in [1.29, 1.82) is 0 Å². The molecule has 116 valence electrons. The van der Waals surface area contributed by atoms with Gasteiger partial charge in [-0.15, -0.1) is 0 Å². The maximum Gasteiger partial charge on any atom is 0.406 e. The van der Waals surface area contributed by atoms with E-state index in [1.54, 1.807) is 0 Å². The second-order valence-electron chi connectivity index (χ2n) is 5.54. The number of rotatable bonds is 5. The van der Waals surface area contributed by atoms with Gasteiger partial charge in [0.25, 0.3) is 0 Å². The maximum absolute atomic E-state index is 12.3. The van der Waals surface area contributed by atoms with Gasteiger partial charge in [0.1, 0.15) is 13.1 Å². The Labute approximate surface area is 115 Å². The monoisotopic (exact) mass is 296 g/mol. The first-order valence-electron chi connectivity index (χ1n) is 6.43. The molecular formula is C12H19F3N2O3. The molecule has 2 N–H and O–H groups in total. The Kier molecular flexibility index (Phi) is 5.24. The number of carbonyl (C=O) groups is 2. The van der Waals surface area contributed by atoms with E-state index in [2.05, 4.69) is 5.32 Å². The van der Waals surface area contributed by atoms with Gasteiger partial charge >= 0.3 is 18.2 Å². The number of aliphatic carboxylic acids is 1. The predicted molar refractivity (Wildman–Crippen MR) is 65.2 cm³/mol. The minimum absolute atomic E-state index is 0.108. The molecule has 0 aromatic heterocycles. The number of halogens is 3. The maximum atomic E-state index is 12.3. The number of nitrogens with zero attached hydrogens (tertiary/aromatic N) is 1. The highest BCUT2D eigenvalue weighted by Crippen LogP contribution is 2.36. The topological polar surface area (TPSA) is 69.6 Å². The molecule has 0 bridgehead atoms. The lowest BCUT2D eigenvalue weighted by atomic mass is 9.89. The molecule has 1 fully saturated rings. The summed E-state index contributed by atoms with van der Waals surface area (Å²) < 4.78 is 37.0. The van der Waals surface area contributed by atoms with Gasteiger partial charge in [-0.05, 0) is 18.3 Å². The molecule has 0 heterocycles. The quantitative estimate of drug-likeness (QED) is 0.817. The first-order valence-corrected chi connectivity index (χ1v) is 6.43. The summed E-state index contributed by atoms with van der Waals surface area (Å²) in [6, 6.07) is -0.988. The number of carboxylic acids is 1. The highest BCUT2D eigenvalue weighted by atomic mass is 19.4. The van der Waals surface area contributed by atoms with E-state index >= 15 is 0 Å². The summed E-state index contributed by atoms with van der Waals surface area (Å²) in [5, 5.41) is 11.0. The van der Waals surface area contributed by atoms with Crippen LogP contribution in [0.4, 0.5) is 18.0 Å². The van der Waals surface area contributed by atoms with Crippen molar-refractivity contribution in [2.24, 2.45) is 5.41 Å². The number of hydrogen-bond donors (Lipinski definition) is 2. The fourth-order valence-corrected chi connectivity index (χ4v) is 2.39. The van der Waals surface area contributed by atoms with Crippen molar-refractivity contribution in [3.05, 3.63) is 0 Å². The zero-order valence-electron chi connectivity index (χ0n) is 11.3. The second kappa shape index (κ2) is 6.32. The summed E-state index contributed by atoms with van der Waals surface area (Å²) in [7, 11) is 0. The molecule has 5 nitrogen and oxygen atoms in total. The Morgan fingerprint density at radius 2 is 1.85 bits per heavy atom. The first kappa shape index (κ1) is 16.6. The Bertz CT molecular complexity index is 365. The van der Waals surface area contributed by atoms with Crippen LogP contribution in [-0.4, -0.2) is 47.8 Å². The molecule has 0 aromatic carbocycles. The molecule has 0 aliphatic heterocycles. The Morgan fingerprint density at radius 3 is 2.30 bits per heavy atom. The van der Waals surface area contributed by atoms with Gasteiger partial charge in [-0.1, -0.05) is 19.8 Å². The van der Waals surface area contributed by atoms with Crippen LogP contribution >= 0.6 is 0 Å². The van der Waals surface area contributed by atoms with E-state index in [1.807, 2.05) is 6.92 Å². The van der Waals surface area contributed by atoms with Crippen molar-refractivity contribution in [1.82, 2.24) is 10.2 Å². The van der Waals surface area contributed by atoms with Crippen LogP contribution in [0.1, 0.15) is 32.6 Å². The molecule has 0 unspecified atom stereocenters. The van der Waals surface area contributed by atoms with Gasteiger partial charge in [0, 0.05) is 6.54 Å². The number of carboxylic acid groups (broad SMARTS) is 1. The molecule has 1 aliphatic rings. The number of alkyl halides is 3. The molecule has 1 rings (SSSR count). The van der Waals surface area contributed by atoms with Crippen molar-refractivity contribution < 1.29 is 27.9 Å². The summed E-state index contributed by atoms with van der Waals surface area (Å²) in [5.41, 5.74) is -0.108. The third kappa shape index (κ3) is 5.66. The van der Waals surface area contributed by atoms with E-state index in [0.29, 0.717) is 0 Å². The number of hydrogen-bond acceptors (Lipinski definition) is 2. The molecule has 1 saturated carbocycles. The number of carbonyl (C=O) groups excluding carboxylic acids is 1. The molecule has 0 aromatic rings. The van der Waals surface area contributed by atoms with Crippen LogP contribution in [0.15, 0.2) is 0 Å². The number of amides is 2. The SMILES string of the molecule is CC1(CNC(=O)N(CC(=O)O)CC(F)(F)F)CCCC1. The normalized spacial score (nSPS) is 17.8. The van der Waals surface area contributed by atoms with Crippen LogP contribution in [0.2, 0.25) is 0 Å². The van der Waals surface area contributed by atoms with Gasteiger partial charge in [-0.25, -0.2) is 4.79 Å². The van der Waals surface area contributed by atoms with E-state index in [1.165, 1.54) is 0 Å². The summed E-state index contributed by atoms with van der Waals surface area (Å²) in [6.07, 6.45) is -0.734. The van der Waals surface area contributed by atoms with Crippen molar-refractivity contribution in [3.63, 3.8) is 0 Å². The third-order valence-corrected chi connectivity index (χ3v) is 3.46. The molecular weight excluding hydrogens is 277 g/mol.